The summed E-state index contributed by atoms with van der Waals surface area (Å²) in [5.41, 5.74) is 4.77. The highest BCUT2D eigenvalue weighted by molar-refractivity contribution is 5.92. The molecule has 11 nitrogen and oxygen atoms in total. The Morgan fingerprint density at radius 1 is 0.913 bits per heavy atom. The molecule has 0 unspecified atom stereocenters. The minimum Gasteiger partial charge on any atom is -0.493 e. The van der Waals surface area contributed by atoms with Crippen LogP contribution in [0.2, 0.25) is 0 Å². The summed E-state index contributed by atoms with van der Waals surface area (Å²) < 4.78 is 22.1. The molecule has 46 heavy (non-hydrogen) atoms. The molecule has 0 fully saturated rings. The van der Waals surface area contributed by atoms with Gasteiger partial charge in [-0.1, -0.05) is 33.8 Å². The molecule has 11 heteroatoms. The van der Waals surface area contributed by atoms with E-state index in [4.69, 9.17) is 24.7 Å². The predicted molar refractivity (Wildman–Crippen MR) is 179 cm³/mol. The van der Waals surface area contributed by atoms with Crippen LogP contribution < -0.4 is 25.8 Å². The van der Waals surface area contributed by atoms with Crippen molar-refractivity contribution in [3.8, 4) is 11.5 Å². The highest BCUT2D eigenvalue weighted by Gasteiger charge is 2.34. The van der Waals surface area contributed by atoms with E-state index in [0.29, 0.717) is 37.6 Å². The Morgan fingerprint density at radius 3 is 2.09 bits per heavy atom. The number of Topliss-reactive ketones (excluding diaryl/α,β-unsaturated/α-hetero) is 1. The maximum Gasteiger partial charge on any atom is 0.408 e. The van der Waals surface area contributed by atoms with Crippen LogP contribution in [0.1, 0.15) is 87.1 Å². The third-order valence-corrected chi connectivity index (χ3v) is 7.97. The van der Waals surface area contributed by atoms with Crippen LogP contribution in [-0.2, 0) is 30.3 Å². The van der Waals surface area contributed by atoms with Crippen molar-refractivity contribution in [3.05, 3.63) is 23.8 Å². The fourth-order valence-electron chi connectivity index (χ4n) is 4.78. The molecule has 0 aliphatic rings. The highest BCUT2D eigenvalue weighted by atomic mass is 16.6. The number of rotatable bonds is 20. The standard InChI is InChI=1S/C35H59N3O8/c1-22(2)25(17-24-13-14-29(44-11)30(18-24)45-16-12-15-43-10)19-27(38-33(42)46-34(5,6)7)28(39)20-26(23(3)4)31(40)37-21-35(8,9)32(36)41/h13-14,18,22-23,25-27H,12,15-17,19-21H2,1-11H3,(H2,36,41)(H,37,40)(H,38,42)/t25-,26-,27-/m0/s1. The van der Waals surface area contributed by atoms with Gasteiger partial charge in [0.15, 0.2) is 17.3 Å². The molecule has 0 radical (unpaired) electrons. The third kappa shape index (κ3) is 14.4. The number of benzene rings is 1. The molecule has 0 saturated heterocycles. The lowest BCUT2D eigenvalue weighted by molar-refractivity contribution is -0.133. The molecular weight excluding hydrogens is 590 g/mol. The summed E-state index contributed by atoms with van der Waals surface area (Å²) in [6.07, 6.45) is 0.905. The topological polar surface area (TPSA) is 155 Å². The lowest BCUT2D eigenvalue weighted by atomic mass is 9.81. The van der Waals surface area contributed by atoms with E-state index in [1.54, 1.807) is 48.8 Å². The molecule has 0 spiro atoms. The molecule has 1 aromatic rings. The zero-order valence-corrected chi connectivity index (χ0v) is 29.9. The van der Waals surface area contributed by atoms with Gasteiger partial charge in [0, 0.05) is 39.0 Å². The van der Waals surface area contributed by atoms with Crippen molar-refractivity contribution in [2.24, 2.45) is 34.8 Å². The first-order valence-electron chi connectivity index (χ1n) is 16.2. The monoisotopic (exact) mass is 649 g/mol. The van der Waals surface area contributed by atoms with Crippen molar-refractivity contribution in [1.82, 2.24) is 10.6 Å². The Labute approximate surface area is 276 Å². The summed E-state index contributed by atoms with van der Waals surface area (Å²) in [4.78, 5) is 51.8. The molecule has 0 saturated carbocycles. The van der Waals surface area contributed by atoms with Crippen LogP contribution >= 0.6 is 0 Å². The van der Waals surface area contributed by atoms with Crippen LogP contribution in [0.25, 0.3) is 0 Å². The molecule has 4 N–H and O–H groups in total. The van der Waals surface area contributed by atoms with Gasteiger partial charge in [0.2, 0.25) is 11.8 Å². The zero-order chi connectivity index (χ0) is 35.2. The summed E-state index contributed by atoms with van der Waals surface area (Å²) in [6.45, 7) is 17.6. The molecule has 1 rings (SSSR count). The van der Waals surface area contributed by atoms with Crippen molar-refractivity contribution in [3.63, 3.8) is 0 Å². The number of ketones is 1. The van der Waals surface area contributed by atoms with E-state index in [1.165, 1.54) is 0 Å². The summed E-state index contributed by atoms with van der Waals surface area (Å²) in [6, 6.07) is 4.90. The lowest BCUT2D eigenvalue weighted by Crippen LogP contribution is -2.48. The molecule has 0 aliphatic heterocycles. The first-order chi connectivity index (χ1) is 21.3. The smallest absolute Gasteiger partial charge is 0.408 e. The van der Waals surface area contributed by atoms with Crippen LogP contribution in [0.3, 0.4) is 0 Å². The van der Waals surface area contributed by atoms with Gasteiger partial charge in [0.25, 0.3) is 0 Å². The van der Waals surface area contributed by atoms with Gasteiger partial charge in [-0.25, -0.2) is 4.79 Å². The summed E-state index contributed by atoms with van der Waals surface area (Å²) in [7, 11) is 3.24. The number of carbonyl (C=O) groups is 4. The van der Waals surface area contributed by atoms with Gasteiger partial charge < -0.3 is 35.3 Å². The van der Waals surface area contributed by atoms with Crippen molar-refractivity contribution in [2.45, 2.75) is 99.6 Å². The molecule has 0 aliphatic carbocycles. The van der Waals surface area contributed by atoms with Crippen molar-refractivity contribution >= 4 is 23.7 Å². The molecule has 3 amide bonds. The largest absolute Gasteiger partial charge is 0.493 e. The van der Waals surface area contributed by atoms with E-state index in [2.05, 4.69) is 24.5 Å². The van der Waals surface area contributed by atoms with Crippen molar-refractivity contribution in [1.29, 1.82) is 0 Å². The van der Waals surface area contributed by atoms with E-state index in [0.717, 1.165) is 12.0 Å². The zero-order valence-electron chi connectivity index (χ0n) is 29.9. The number of methoxy groups -OCH3 is 2. The Bertz CT molecular complexity index is 1140. The lowest BCUT2D eigenvalue weighted by Gasteiger charge is -2.30. The molecule has 1 aromatic carbocycles. The van der Waals surface area contributed by atoms with Crippen LogP contribution in [0, 0.1) is 29.1 Å². The van der Waals surface area contributed by atoms with Gasteiger partial charge in [0.05, 0.1) is 25.2 Å². The summed E-state index contributed by atoms with van der Waals surface area (Å²) in [5.74, 6) is -0.593. The molecule has 0 bridgehead atoms. The van der Waals surface area contributed by atoms with Gasteiger partial charge in [-0.05, 0) is 82.9 Å². The predicted octanol–water partition coefficient (Wildman–Crippen LogP) is 5.07. The van der Waals surface area contributed by atoms with E-state index in [1.807, 2.05) is 32.0 Å². The van der Waals surface area contributed by atoms with Crippen LogP contribution in [0.5, 0.6) is 11.5 Å². The third-order valence-electron chi connectivity index (χ3n) is 7.97. The maximum absolute atomic E-state index is 13.9. The van der Waals surface area contributed by atoms with E-state index in [-0.39, 0.29) is 42.4 Å². The number of nitrogens with two attached hydrogens (primary N) is 1. The average molecular weight is 650 g/mol. The second-order valence-electron chi connectivity index (χ2n) is 14.3. The number of ether oxygens (including phenoxy) is 4. The van der Waals surface area contributed by atoms with Gasteiger partial charge in [-0.15, -0.1) is 0 Å². The average Bonchev–Trinajstić information content (AvgIpc) is 2.94. The minimum atomic E-state index is -0.942. The second-order valence-corrected chi connectivity index (χ2v) is 14.3. The second kappa shape index (κ2) is 18.7. The molecular formula is C35H59N3O8. The quantitative estimate of drug-likeness (QED) is 0.166. The van der Waals surface area contributed by atoms with Gasteiger partial charge in [-0.3, -0.25) is 14.4 Å². The van der Waals surface area contributed by atoms with Crippen molar-refractivity contribution in [2.75, 3.05) is 34.0 Å². The molecule has 0 aromatic heterocycles. The van der Waals surface area contributed by atoms with E-state index < -0.39 is 35.0 Å². The number of hydrogen-bond acceptors (Lipinski definition) is 8. The minimum absolute atomic E-state index is 0.0127. The van der Waals surface area contributed by atoms with Crippen molar-refractivity contribution < 1.29 is 38.1 Å². The summed E-state index contributed by atoms with van der Waals surface area (Å²) in [5, 5.41) is 5.60. The number of carbonyl (C=O) groups excluding carboxylic acids is 4. The Balaban J connectivity index is 3.27. The first kappa shape index (κ1) is 40.7. The van der Waals surface area contributed by atoms with Gasteiger partial charge >= 0.3 is 6.09 Å². The number of alkyl carbamates (subject to hydrolysis) is 1. The van der Waals surface area contributed by atoms with E-state index >= 15 is 0 Å². The van der Waals surface area contributed by atoms with Crippen LogP contribution in [-0.4, -0.2) is 69.3 Å². The first-order valence-corrected chi connectivity index (χ1v) is 16.2. The highest BCUT2D eigenvalue weighted by Crippen LogP contribution is 2.32. The fourth-order valence-corrected chi connectivity index (χ4v) is 4.78. The normalized spacial score (nSPS) is 13.9. The van der Waals surface area contributed by atoms with Gasteiger partial charge in [-0.2, -0.15) is 0 Å². The number of amides is 3. The molecule has 262 valence electrons. The SMILES string of the molecule is COCCCOc1cc(C[C@@H](C[C@H](NC(=O)OC(C)(C)C)C(=O)C[C@H](C(=O)NCC(C)(C)C(N)=O)C(C)C)C(C)C)ccc1OC. The van der Waals surface area contributed by atoms with Crippen LogP contribution in [0.4, 0.5) is 4.79 Å². The van der Waals surface area contributed by atoms with E-state index in [9.17, 15) is 19.2 Å². The Morgan fingerprint density at radius 2 is 1.57 bits per heavy atom. The Kier molecular flexibility index (Phi) is 16.6. The Hall–Kier alpha value is -3.34. The maximum atomic E-state index is 13.9. The van der Waals surface area contributed by atoms with Gasteiger partial charge in [0.1, 0.15) is 5.60 Å². The number of nitrogens with one attached hydrogen (secondary N) is 2. The van der Waals surface area contributed by atoms with Crippen LogP contribution in [0.15, 0.2) is 18.2 Å². The molecule has 3 atom stereocenters. The summed E-state index contributed by atoms with van der Waals surface area (Å²) >= 11 is 0. The molecule has 0 heterocycles. The fraction of sp³-hybridized carbons (Fsp3) is 0.714. The number of primary amides is 1. The number of hydrogen-bond donors (Lipinski definition) is 3.